The SMILES string of the molecule is CC(C)N(C(=O)Nc1cccc(OC(=O)N(C)C)c1)C(C)C. The number of carbonyl (C=O) groups excluding carboxylic acids is 2. The van der Waals surface area contributed by atoms with Gasteiger partial charge in [-0.3, -0.25) is 0 Å². The summed E-state index contributed by atoms with van der Waals surface area (Å²) in [7, 11) is 3.22. The molecular formula is C16H25N3O3. The third-order valence-electron chi connectivity index (χ3n) is 3.00. The Morgan fingerprint density at radius 3 is 2.18 bits per heavy atom. The lowest BCUT2D eigenvalue weighted by atomic mass is 10.2. The van der Waals surface area contributed by atoms with Crippen LogP contribution in [0, 0.1) is 0 Å². The minimum atomic E-state index is -0.463. The minimum Gasteiger partial charge on any atom is -0.410 e. The van der Waals surface area contributed by atoms with Gasteiger partial charge in [-0.25, -0.2) is 9.59 Å². The van der Waals surface area contributed by atoms with E-state index in [1.54, 1.807) is 43.3 Å². The van der Waals surface area contributed by atoms with Crippen LogP contribution in [-0.2, 0) is 0 Å². The minimum absolute atomic E-state index is 0.0924. The molecule has 0 spiro atoms. The fraction of sp³-hybridized carbons (Fsp3) is 0.500. The Morgan fingerprint density at radius 2 is 1.68 bits per heavy atom. The molecule has 0 aliphatic heterocycles. The average Bonchev–Trinajstić information content (AvgIpc) is 2.37. The maximum atomic E-state index is 12.3. The summed E-state index contributed by atoms with van der Waals surface area (Å²) in [5, 5.41) is 2.83. The molecule has 0 bridgehead atoms. The zero-order valence-electron chi connectivity index (χ0n) is 14.1. The fourth-order valence-electron chi connectivity index (χ4n) is 2.08. The highest BCUT2D eigenvalue weighted by Gasteiger charge is 2.20. The van der Waals surface area contributed by atoms with Crippen molar-refractivity contribution in [1.82, 2.24) is 9.80 Å². The molecule has 122 valence electrons. The number of urea groups is 1. The lowest BCUT2D eigenvalue weighted by Gasteiger charge is -2.30. The van der Waals surface area contributed by atoms with Crippen LogP contribution in [0.25, 0.3) is 0 Å². The molecule has 0 aliphatic carbocycles. The normalized spacial score (nSPS) is 10.5. The molecule has 3 amide bonds. The molecule has 0 radical (unpaired) electrons. The van der Waals surface area contributed by atoms with E-state index in [0.717, 1.165) is 0 Å². The Labute approximate surface area is 132 Å². The van der Waals surface area contributed by atoms with Crippen LogP contribution in [-0.4, -0.2) is 48.1 Å². The Bertz CT molecular complexity index is 519. The zero-order chi connectivity index (χ0) is 16.9. The number of benzene rings is 1. The Morgan fingerprint density at radius 1 is 1.09 bits per heavy atom. The van der Waals surface area contributed by atoms with Crippen molar-refractivity contribution in [3.8, 4) is 5.75 Å². The van der Waals surface area contributed by atoms with Crippen molar-refractivity contribution < 1.29 is 14.3 Å². The van der Waals surface area contributed by atoms with Crippen LogP contribution >= 0.6 is 0 Å². The van der Waals surface area contributed by atoms with Crippen LogP contribution in [0.5, 0.6) is 5.75 Å². The first-order valence-electron chi connectivity index (χ1n) is 7.31. The first-order valence-corrected chi connectivity index (χ1v) is 7.31. The number of amides is 3. The first-order chi connectivity index (χ1) is 10.2. The molecule has 6 heteroatoms. The molecule has 0 aliphatic rings. The molecule has 0 unspecified atom stereocenters. The molecule has 0 saturated carbocycles. The van der Waals surface area contributed by atoms with Crippen molar-refractivity contribution in [1.29, 1.82) is 0 Å². The highest BCUT2D eigenvalue weighted by Crippen LogP contribution is 2.19. The summed E-state index contributed by atoms with van der Waals surface area (Å²) in [4.78, 5) is 27.0. The lowest BCUT2D eigenvalue weighted by Crippen LogP contribution is -2.44. The highest BCUT2D eigenvalue weighted by molar-refractivity contribution is 5.90. The number of rotatable bonds is 4. The second-order valence-corrected chi connectivity index (χ2v) is 5.82. The van der Waals surface area contributed by atoms with Gasteiger partial charge in [-0.15, -0.1) is 0 Å². The number of hydrogen-bond donors (Lipinski definition) is 1. The van der Waals surface area contributed by atoms with Gasteiger partial charge in [0.25, 0.3) is 0 Å². The monoisotopic (exact) mass is 307 g/mol. The van der Waals surface area contributed by atoms with Crippen LogP contribution in [0.3, 0.4) is 0 Å². The summed E-state index contributed by atoms with van der Waals surface area (Å²) in [6, 6.07) is 6.77. The van der Waals surface area contributed by atoms with Gasteiger partial charge in [0.05, 0.1) is 0 Å². The largest absolute Gasteiger partial charge is 0.414 e. The van der Waals surface area contributed by atoms with Crippen LogP contribution in [0.2, 0.25) is 0 Å². The van der Waals surface area contributed by atoms with Gasteiger partial charge in [0.1, 0.15) is 5.75 Å². The molecule has 1 rings (SSSR count). The van der Waals surface area contributed by atoms with E-state index in [9.17, 15) is 9.59 Å². The van der Waals surface area contributed by atoms with Crippen molar-refractivity contribution in [3.05, 3.63) is 24.3 Å². The van der Waals surface area contributed by atoms with Gasteiger partial charge in [0, 0.05) is 37.9 Å². The summed E-state index contributed by atoms with van der Waals surface area (Å²) in [5.41, 5.74) is 0.584. The van der Waals surface area contributed by atoms with Gasteiger partial charge in [-0.2, -0.15) is 0 Å². The van der Waals surface area contributed by atoms with E-state index in [1.165, 1.54) is 4.90 Å². The van der Waals surface area contributed by atoms with E-state index in [0.29, 0.717) is 11.4 Å². The molecule has 0 aromatic heterocycles. The van der Waals surface area contributed by atoms with E-state index in [2.05, 4.69) is 5.32 Å². The first kappa shape index (κ1) is 17.8. The van der Waals surface area contributed by atoms with E-state index < -0.39 is 6.09 Å². The van der Waals surface area contributed by atoms with Gasteiger partial charge in [-0.05, 0) is 39.8 Å². The number of anilines is 1. The molecule has 0 heterocycles. The van der Waals surface area contributed by atoms with E-state index >= 15 is 0 Å². The number of ether oxygens (including phenoxy) is 1. The summed E-state index contributed by atoms with van der Waals surface area (Å²) in [5.74, 6) is 0.386. The van der Waals surface area contributed by atoms with Crippen LogP contribution < -0.4 is 10.1 Å². The number of nitrogens with zero attached hydrogens (tertiary/aromatic N) is 2. The molecule has 0 fully saturated rings. The number of carbonyl (C=O) groups is 2. The predicted octanol–water partition coefficient (Wildman–Crippen LogP) is 3.40. The van der Waals surface area contributed by atoms with Gasteiger partial charge in [0.2, 0.25) is 0 Å². The third-order valence-corrected chi connectivity index (χ3v) is 3.00. The van der Waals surface area contributed by atoms with Crippen molar-refractivity contribution in [2.75, 3.05) is 19.4 Å². The quantitative estimate of drug-likeness (QED) is 0.927. The van der Waals surface area contributed by atoms with E-state index in [4.69, 9.17) is 4.74 Å². The standard InChI is InChI=1S/C16H25N3O3/c1-11(2)19(12(3)4)15(20)17-13-8-7-9-14(10-13)22-16(21)18(5)6/h7-12H,1-6H3,(H,17,20). The van der Waals surface area contributed by atoms with Crippen LogP contribution in [0.4, 0.5) is 15.3 Å². The molecule has 22 heavy (non-hydrogen) atoms. The molecule has 6 nitrogen and oxygen atoms in total. The fourth-order valence-corrected chi connectivity index (χ4v) is 2.08. The summed E-state index contributed by atoms with van der Waals surface area (Å²) >= 11 is 0. The predicted molar refractivity (Wildman–Crippen MR) is 87.3 cm³/mol. The Hall–Kier alpha value is -2.24. The Kier molecular flexibility index (Phi) is 6.22. The lowest BCUT2D eigenvalue weighted by molar-refractivity contribution is 0.172. The maximum absolute atomic E-state index is 12.3. The van der Waals surface area contributed by atoms with Crippen molar-refractivity contribution in [3.63, 3.8) is 0 Å². The van der Waals surface area contributed by atoms with Crippen molar-refractivity contribution in [2.24, 2.45) is 0 Å². The number of hydrogen-bond acceptors (Lipinski definition) is 3. The average molecular weight is 307 g/mol. The Balaban J connectivity index is 2.82. The summed E-state index contributed by atoms with van der Waals surface area (Å²) in [6.07, 6.45) is -0.463. The van der Waals surface area contributed by atoms with E-state index in [-0.39, 0.29) is 18.1 Å². The second kappa shape index (κ2) is 7.68. The van der Waals surface area contributed by atoms with Gasteiger partial charge < -0.3 is 19.9 Å². The molecule has 1 aromatic carbocycles. The second-order valence-electron chi connectivity index (χ2n) is 5.82. The third kappa shape index (κ3) is 4.95. The number of nitrogens with one attached hydrogen (secondary N) is 1. The van der Waals surface area contributed by atoms with Crippen LogP contribution in [0.15, 0.2) is 24.3 Å². The summed E-state index contributed by atoms with van der Waals surface area (Å²) < 4.78 is 5.18. The van der Waals surface area contributed by atoms with Crippen molar-refractivity contribution >= 4 is 17.8 Å². The zero-order valence-corrected chi connectivity index (χ0v) is 14.1. The van der Waals surface area contributed by atoms with Gasteiger partial charge in [0.15, 0.2) is 0 Å². The van der Waals surface area contributed by atoms with Crippen LogP contribution in [0.1, 0.15) is 27.7 Å². The molecule has 0 atom stereocenters. The van der Waals surface area contributed by atoms with Crippen molar-refractivity contribution in [2.45, 2.75) is 39.8 Å². The molecule has 1 N–H and O–H groups in total. The highest BCUT2D eigenvalue weighted by atomic mass is 16.6. The smallest absolute Gasteiger partial charge is 0.410 e. The van der Waals surface area contributed by atoms with Gasteiger partial charge in [-0.1, -0.05) is 6.07 Å². The summed E-state index contributed by atoms with van der Waals surface area (Å²) in [6.45, 7) is 7.87. The van der Waals surface area contributed by atoms with Gasteiger partial charge >= 0.3 is 12.1 Å². The topological polar surface area (TPSA) is 61.9 Å². The maximum Gasteiger partial charge on any atom is 0.414 e. The van der Waals surface area contributed by atoms with E-state index in [1.807, 2.05) is 27.7 Å². The molecular weight excluding hydrogens is 282 g/mol. The molecule has 1 aromatic rings. The molecule has 0 saturated heterocycles.